The number of hydrogen-bond acceptors (Lipinski definition) is 8. The molecule has 524 valence electrons. The van der Waals surface area contributed by atoms with Crippen molar-refractivity contribution >= 4 is 87.5 Å². The molecule has 10 nitrogen and oxygen atoms in total. The lowest BCUT2D eigenvalue weighted by Crippen LogP contribution is -2.00. The smallest absolute Gasteiger partial charge is 0.164 e. The van der Waals surface area contributed by atoms with Gasteiger partial charge in [-0.05, 0) is 136 Å². The predicted molar refractivity (Wildman–Crippen MR) is 457 cm³/mol. The van der Waals surface area contributed by atoms with Gasteiger partial charge in [0.1, 0.15) is 22.3 Å². The van der Waals surface area contributed by atoms with Gasteiger partial charge in [-0.3, -0.25) is 0 Å². The van der Waals surface area contributed by atoms with E-state index < -0.39 is 0 Å². The topological polar surface area (TPSA) is 113 Å². The van der Waals surface area contributed by atoms with Gasteiger partial charge in [-0.15, -0.1) is 0 Å². The van der Waals surface area contributed by atoms with E-state index in [1.807, 2.05) is 146 Å². The third-order valence-corrected chi connectivity index (χ3v) is 21.3. The van der Waals surface area contributed by atoms with Gasteiger partial charge in [-0.25, -0.2) is 29.9 Å². The maximum absolute atomic E-state index is 6.27. The lowest BCUT2D eigenvalue weighted by atomic mass is 10.0. The van der Waals surface area contributed by atoms with Gasteiger partial charge >= 0.3 is 0 Å². The lowest BCUT2D eigenvalue weighted by Gasteiger charge is -2.12. The molecule has 0 aliphatic heterocycles. The van der Waals surface area contributed by atoms with Gasteiger partial charge < -0.3 is 18.0 Å². The maximum atomic E-state index is 6.27. The first kappa shape index (κ1) is 65.1. The Bertz CT molecular complexity index is 7260. The predicted octanol–water partition coefficient (Wildman–Crippen LogP) is 26.4. The molecule has 0 radical (unpaired) electrons. The monoisotopic (exact) mass is 1430 g/mol. The van der Waals surface area contributed by atoms with E-state index in [1.54, 1.807) is 0 Å². The summed E-state index contributed by atoms with van der Waals surface area (Å²) in [6.45, 7) is 0. The van der Waals surface area contributed by atoms with Crippen LogP contribution in [0.1, 0.15) is 0 Å². The fourth-order valence-corrected chi connectivity index (χ4v) is 15.8. The van der Waals surface area contributed by atoms with Crippen LogP contribution in [0.4, 0.5) is 0 Å². The number of rotatable bonds is 12. The molecule has 0 N–H and O–H groups in total. The number of fused-ring (bicyclic) bond motifs is 12. The number of para-hydroxylation sites is 4. The number of benzene rings is 16. The molecule has 0 saturated heterocycles. The van der Waals surface area contributed by atoms with Crippen molar-refractivity contribution in [2.24, 2.45) is 0 Å². The van der Waals surface area contributed by atoms with E-state index in [1.165, 1.54) is 21.5 Å². The fraction of sp³-hybridized carbons (Fsp3) is 0. The van der Waals surface area contributed by atoms with Crippen molar-refractivity contribution in [2.75, 3.05) is 0 Å². The summed E-state index contributed by atoms with van der Waals surface area (Å²) in [6.07, 6.45) is 0. The van der Waals surface area contributed by atoms with Crippen LogP contribution in [0.5, 0.6) is 0 Å². The van der Waals surface area contributed by atoms with Crippen LogP contribution in [0.2, 0.25) is 0 Å². The Labute approximate surface area is 643 Å². The highest BCUT2D eigenvalue weighted by Crippen LogP contribution is 2.42. The molecule has 22 aromatic rings. The Morgan fingerprint density at radius 2 is 0.411 bits per heavy atom. The average molecular weight is 1430 g/mol. The van der Waals surface area contributed by atoms with E-state index >= 15 is 0 Å². The van der Waals surface area contributed by atoms with Crippen molar-refractivity contribution in [3.05, 3.63) is 388 Å². The SMILES string of the molecule is c1ccc(-c2nc(-c3ccccc3)nc(-c3ccc(-c4cccc(-n5c6ccccc6c6ccc(-c7ccc8c(c7)oc7ccccc78)cc65)c4)cc3)n2)cc1.c1ccc(-c2nc(-c3ccccc3)nc(-c3cccc(-c4cccc(-n5c6ccccc6c6ccc(-c7ccc8c(c7)oc7ccccc78)cc65)c4)c3)n2)cc1. The second-order valence-electron chi connectivity index (χ2n) is 28.1. The highest BCUT2D eigenvalue weighted by atomic mass is 16.3. The zero-order chi connectivity index (χ0) is 74.0. The number of hydrogen-bond donors (Lipinski definition) is 0. The van der Waals surface area contributed by atoms with Crippen molar-refractivity contribution in [3.8, 4) is 124 Å². The van der Waals surface area contributed by atoms with Gasteiger partial charge in [0.2, 0.25) is 0 Å². The molecule has 0 bridgehead atoms. The molecule has 112 heavy (non-hydrogen) atoms. The van der Waals surface area contributed by atoms with E-state index in [0.717, 1.165) is 155 Å². The third-order valence-electron chi connectivity index (χ3n) is 21.3. The molecule has 0 saturated carbocycles. The second kappa shape index (κ2) is 27.5. The van der Waals surface area contributed by atoms with E-state index in [4.69, 9.17) is 38.7 Å². The van der Waals surface area contributed by atoms with Crippen LogP contribution in [0, 0.1) is 0 Å². The molecule has 0 aliphatic carbocycles. The molecule has 22 rings (SSSR count). The zero-order valence-electron chi connectivity index (χ0n) is 60.3. The molecule has 0 fully saturated rings. The summed E-state index contributed by atoms with van der Waals surface area (Å²) in [6, 6.07) is 135. The van der Waals surface area contributed by atoms with E-state index in [9.17, 15) is 0 Å². The summed E-state index contributed by atoms with van der Waals surface area (Å²) < 4.78 is 17.3. The van der Waals surface area contributed by atoms with Crippen molar-refractivity contribution in [1.82, 2.24) is 39.0 Å². The summed E-state index contributed by atoms with van der Waals surface area (Å²) in [5.41, 5.74) is 25.0. The third kappa shape index (κ3) is 11.9. The lowest BCUT2D eigenvalue weighted by molar-refractivity contribution is 0.668. The van der Waals surface area contributed by atoms with Gasteiger partial charge in [-0.1, -0.05) is 297 Å². The Balaban J connectivity index is 0.000000141. The number of furan rings is 2. The molecule has 0 aliphatic rings. The molecule has 6 heterocycles. The fourth-order valence-electron chi connectivity index (χ4n) is 15.8. The van der Waals surface area contributed by atoms with Crippen molar-refractivity contribution in [2.45, 2.75) is 0 Å². The van der Waals surface area contributed by atoms with E-state index in [0.29, 0.717) is 34.9 Å². The maximum Gasteiger partial charge on any atom is 0.164 e. The molecular formula is C102H64N8O2. The second-order valence-corrected chi connectivity index (χ2v) is 28.1. The Morgan fingerprint density at radius 3 is 0.830 bits per heavy atom. The zero-order valence-corrected chi connectivity index (χ0v) is 60.3. The summed E-state index contributed by atoms with van der Waals surface area (Å²) in [4.78, 5) is 29.6. The van der Waals surface area contributed by atoms with Gasteiger partial charge in [0.15, 0.2) is 34.9 Å². The van der Waals surface area contributed by atoms with Crippen LogP contribution < -0.4 is 0 Å². The quantitative estimate of drug-likeness (QED) is 0.119. The summed E-state index contributed by atoms with van der Waals surface area (Å²) in [5.74, 6) is 3.85. The molecule has 0 amide bonds. The molecule has 6 aromatic heterocycles. The van der Waals surface area contributed by atoms with Crippen molar-refractivity contribution in [1.29, 1.82) is 0 Å². The van der Waals surface area contributed by atoms with Gasteiger partial charge in [0, 0.05) is 87.8 Å². The van der Waals surface area contributed by atoms with Crippen molar-refractivity contribution < 1.29 is 8.83 Å². The van der Waals surface area contributed by atoms with Crippen LogP contribution >= 0.6 is 0 Å². The molecule has 16 aromatic carbocycles. The summed E-state index contributed by atoms with van der Waals surface area (Å²) >= 11 is 0. The first-order valence-electron chi connectivity index (χ1n) is 37.5. The Morgan fingerprint density at radius 1 is 0.152 bits per heavy atom. The van der Waals surface area contributed by atoms with E-state index in [-0.39, 0.29) is 0 Å². The van der Waals surface area contributed by atoms with Crippen LogP contribution in [-0.4, -0.2) is 39.0 Å². The first-order valence-corrected chi connectivity index (χ1v) is 37.5. The molecule has 0 atom stereocenters. The van der Waals surface area contributed by atoms with Crippen molar-refractivity contribution in [3.63, 3.8) is 0 Å². The first-order chi connectivity index (χ1) is 55.5. The van der Waals surface area contributed by atoms with Gasteiger partial charge in [0.05, 0.1) is 22.1 Å². The summed E-state index contributed by atoms with van der Waals surface area (Å²) in [5, 5.41) is 9.39. The van der Waals surface area contributed by atoms with Crippen LogP contribution in [-0.2, 0) is 0 Å². The highest BCUT2D eigenvalue weighted by molar-refractivity contribution is 6.13. The normalized spacial score (nSPS) is 11.6. The minimum atomic E-state index is 0.631. The summed E-state index contributed by atoms with van der Waals surface area (Å²) in [7, 11) is 0. The molecule has 0 spiro atoms. The van der Waals surface area contributed by atoms with Crippen LogP contribution in [0.25, 0.3) is 212 Å². The van der Waals surface area contributed by atoms with Gasteiger partial charge in [-0.2, -0.15) is 0 Å². The minimum Gasteiger partial charge on any atom is -0.456 e. The highest BCUT2D eigenvalue weighted by Gasteiger charge is 2.21. The number of aromatic nitrogens is 8. The largest absolute Gasteiger partial charge is 0.456 e. The van der Waals surface area contributed by atoms with E-state index in [2.05, 4.69) is 252 Å². The Hall–Kier alpha value is -15.3. The molecule has 10 heteroatoms. The Kier molecular flexibility index (Phi) is 16.0. The minimum absolute atomic E-state index is 0.631. The van der Waals surface area contributed by atoms with Crippen LogP contribution in [0.3, 0.4) is 0 Å². The standard InChI is InChI=1S/2C51H32N4O/c1-3-13-33(14-4-1)49-52-50(34-15-5-2-6-16-34)54-51(53-49)39-19-11-17-35(29-39)36-18-12-20-40(30-36)55-45-23-9-7-21-41(45)42-27-25-37(31-46(42)55)38-26-28-44-43-22-8-10-24-47(43)56-48(44)32-38;1-3-12-34(13-4-1)49-52-50(35-14-5-2-6-15-35)54-51(53-49)36-24-22-33(23-25-36)37-16-11-17-40(30-37)55-45-20-9-7-18-41(45)42-28-26-38(31-46(42)55)39-27-29-44-43-19-8-10-21-47(43)56-48(44)32-39/h2*1-32H. The van der Waals surface area contributed by atoms with Gasteiger partial charge in [0.25, 0.3) is 0 Å². The molecule has 0 unspecified atom stereocenters. The average Bonchev–Trinajstić information content (AvgIpc) is 1.59. The van der Waals surface area contributed by atoms with Crippen LogP contribution in [0.15, 0.2) is 397 Å². The molecular weight excluding hydrogens is 1370 g/mol. The number of nitrogens with zero attached hydrogens (tertiary/aromatic N) is 8.